The number of aromatic nitrogens is 2. The summed E-state index contributed by atoms with van der Waals surface area (Å²) in [6.07, 6.45) is 3.60. The van der Waals surface area contributed by atoms with Crippen molar-refractivity contribution < 1.29 is 14.0 Å². The van der Waals surface area contributed by atoms with Crippen molar-refractivity contribution in [2.75, 3.05) is 5.75 Å². The van der Waals surface area contributed by atoms with E-state index in [-0.39, 0.29) is 18.0 Å². The minimum Gasteiger partial charge on any atom is -0.410 e. The first-order valence-electron chi connectivity index (χ1n) is 8.96. The average Bonchev–Trinajstić information content (AvgIpc) is 3.37. The molecule has 2 N–H and O–H groups in total. The largest absolute Gasteiger partial charge is 0.410 e. The lowest BCUT2D eigenvalue weighted by Gasteiger charge is -2.16. The molecule has 1 aliphatic rings. The molecule has 1 amide bonds. The van der Waals surface area contributed by atoms with Gasteiger partial charge in [0.05, 0.1) is 21.9 Å². The van der Waals surface area contributed by atoms with Gasteiger partial charge in [0.25, 0.3) is 11.1 Å². The molecule has 0 saturated heterocycles. The van der Waals surface area contributed by atoms with E-state index in [1.807, 2.05) is 0 Å². The Morgan fingerprint density at radius 3 is 3.00 bits per heavy atom. The quantitative estimate of drug-likeness (QED) is 0.447. The summed E-state index contributed by atoms with van der Waals surface area (Å²) in [5.41, 5.74) is 6.58. The zero-order valence-corrected chi connectivity index (χ0v) is 17.7. The van der Waals surface area contributed by atoms with Crippen molar-refractivity contribution in [1.29, 1.82) is 0 Å². The van der Waals surface area contributed by atoms with Gasteiger partial charge in [-0.1, -0.05) is 18.7 Å². The number of aryl methyl sites for hydroxylation is 1. The standard InChI is InChI=1S/C19H19N3O3S3/c1-10-2-4-14-11(6-10)7-16(28-14)18-21-22-19(25-18)26-9-13(23)15-5-3-12(27-15)8-17(20)24/h3,5,7,10H,2,4,6,8-9H2,1H3,(H2,20,24)/t10-/m0/s1. The molecule has 1 aliphatic carbocycles. The van der Waals surface area contributed by atoms with E-state index >= 15 is 0 Å². The number of Topliss-reactive ketones (excluding diaryl/α,β-unsaturated/α-hetero) is 1. The zero-order valence-electron chi connectivity index (χ0n) is 15.3. The van der Waals surface area contributed by atoms with Gasteiger partial charge in [-0.05, 0) is 48.9 Å². The van der Waals surface area contributed by atoms with Gasteiger partial charge in [-0.3, -0.25) is 9.59 Å². The highest BCUT2D eigenvalue weighted by Gasteiger charge is 2.21. The number of fused-ring (bicyclic) bond motifs is 1. The molecular formula is C19H19N3O3S3. The number of carbonyl (C=O) groups excluding carboxylic acids is 2. The first-order valence-corrected chi connectivity index (χ1v) is 11.6. The first-order chi connectivity index (χ1) is 13.5. The van der Waals surface area contributed by atoms with Crippen LogP contribution in [0, 0.1) is 5.92 Å². The van der Waals surface area contributed by atoms with Crippen LogP contribution in [0.4, 0.5) is 0 Å². The smallest absolute Gasteiger partial charge is 0.277 e. The van der Waals surface area contributed by atoms with Gasteiger partial charge in [0, 0.05) is 9.75 Å². The molecule has 1 atom stereocenters. The summed E-state index contributed by atoms with van der Waals surface area (Å²) in [5.74, 6) is 0.998. The fraction of sp³-hybridized carbons (Fsp3) is 0.368. The monoisotopic (exact) mass is 433 g/mol. The summed E-state index contributed by atoms with van der Waals surface area (Å²) in [7, 11) is 0. The number of amides is 1. The molecule has 0 bridgehead atoms. The van der Waals surface area contributed by atoms with Crippen molar-refractivity contribution >= 4 is 46.1 Å². The molecule has 0 aliphatic heterocycles. The van der Waals surface area contributed by atoms with E-state index in [1.165, 1.54) is 40.0 Å². The lowest BCUT2D eigenvalue weighted by atomic mass is 9.90. The molecule has 6 nitrogen and oxygen atoms in total. The number of rotatable bonds is 7. The highest BCUT2D eigenvalue weighted by molar-refractivity contribution is 7.99. The van der Waals surface area contributed by atoms with Crippen LogP contribution in [-0.4, -0.2) is 27.6 Å². The maximum atomic E-state index is 12.3. The van der Waals surface area contributed by atoms with Crippen LogP contribution in [0.2, 0.25) is 0 Å². The summed E-state index contributed by atoms with van der Waals surface area (Å²) in [4.78, 5) is 27.1. The van der Waals surface area contributed by atoms with Crippen LogP contribution in [0.1, 0.15) is 38.3 Å². The van der Waals surface area contributed by atoms with Crippen LogP contribution < -0.4 is 5.73 Å². The van der Waals surface area contributed by atoms with Gasteiger partial charge >= 0.3 is 0 Å². The van der Waals surface area contributed by atoms with Crippen molar-refractivity contribution in [3.05, 3.63) is 38.4 Å². The SMILES string of the molecule is C[C@H]1CCc2sc(-c3nnc(SCC(=O)c4ccc(CC(N)=O)s4)o3)cc2C1. The number of carbonyl (C=O) groups is 2. The van der Waals surface area contributed by atoms with Crippen molar-refractivity contribution in [2.24, 2.45) is 11.7 Å². The van der Waals surface area contributed by atoms with Gasteiger partial charge in [0.1, 0.15) is 0 Å². The van der Waals surface area contributed by atoms with Crippen LogP contribution in [0.25, 0.3) is 10.8 Å². The van der Waals surface area contributed by atoms with E-state index in [2.05, 4.69) is 23.2 Å². The normalized spacial score (nSPS) is 16.1. The maximum absolute atomic E-state index is 12.3. The molecule has 28 heavy (non-hydrogen) atoms. The zero-order chi connectivity index (χ0) is 19.7. The maximum Gasteiger partial charge on any atom is 0.277 e. The molecule has 0 spiro atoms. The van der Waals surface area contributed by atoms with Crippen molar-refractivity contribution in [1.82, 2.24) is 10.2 Å². The second-order valence-electron chi connectivity index (χ2n) is 6.90. The summed E-state index contributed by atoms with van der Waals surface area (Å²) < 4.78 is 5.76. The topological polar surface area (TPSA) is 99.1 Å². The van der Waals surface area contributed by atoms with Gasteiger partial charge in [0.15, 0.2) is 5.78 Å². The van der Waals surface area contributed by atoms with Gasteiger partial charge in [-0.25, -0.2) is 0 Å². The van der Waals surface area contributed by atoms with Crippen LogP contribution in [0.5, 0.6) is 0 Å². The number of nitrogens with zero attached hydrogens (tertiary/aromatic N) is 2. The van der Waals surface area contributed by atoms with Gasteiger partial charge in [-0.2, -0.15) is 0 Å². The summed E-state index contributed by atoms with van der Waals surface area (Å²) in [6.45, 7) is 2.28. The molecule has 0 fully saturated rings. The van der Waals surface area contributed by atoms with Gasteiger partial charge in [0.2, 0.25) is 5.91 Å². The van der Waals surface area contributed by atoms with Crippen LogP contribution in [0.15, 0.2) is 27.8 Å². The number of hydrogen-bond acceptors (Lipinski definition) is 8. The van der Waals surface area contributed by atoms with E-state index in [0.717, 1.165) is 28.5 Å². The van der Waals surface area contributed by atoms with Gasteiger partial charge < -0.3 is 10.2 Å². The number of primary amides is 1. The van der Waals surface area contributed by atoms with E-state index in [0.29, 0.717) is 16.0 Å². The molecule has 3 aromatic rings. The number of hydrogen-bond donors (Lipinski definition) is 1. The van der Waals surface area contributed by atoms with Crippen LogP contribution in [0.3, 0.4) is 0 Å². The molecule has 4 rings (SSSR count). The number of thiophene rings is 2. The fourth-order valence-corrected chi connectivity index (χ4v) is 5.99. The molecule has 9 heteroatoms. The predicted octanol–water partition coefficient (Wildman–Crippen LogP) is 3.99. The number of nitrogens with two attached hydrogens (primary N) is 1. The molecule has 0 aromatic carbocycles. The Morgan fingerprint density at radius 1 is 1.32 bits per heavy atom. The molecule has 0 saturated carbocycles. The Labute approximate surface area is 174 Å². The first kappa shape index (κ1) is 19.4. The summed E-state index contributed by atoms with van der Waals surface area (Å²) in [5, 5.41) is 8.60. The Balaban J connectivity index is 1.38. The van der Waals surface area contributed by atoms with E-state index in [9.17, 15) is 9.59 Å². The number of thioether (sulfide) groups is 1. The van der Waals surface area contributed by atoms with E-state index in [1.54, 1.807) is 23.5 Å². The average molecular weight is 434 g/mol. The van der Waals surface area contributed by atoms with E-state index in [4.69, 9.17) is 10.2 Å². The van der Waals surface area contributed by atoms with E-state index < -0.39 is 5.91 Å². The molecule has 3 heterocycles. The third-order valence-corrected chi connectivity index (χ3v) is 7.73. The van der Waals surface area contributed by atoms with Crippen molar-refractivity contribution in [3.8, 4) is 10.8 Å². The molecular weight excluding hydrogens is 414 g/mol. The lowest BCUT2D eigenvalue weighted by Crippen LogP contribution is -2.12. The fourth-order valence-electron chi connectivity index (χ4n) is 3.17. The summed E-state index contributed by atoms with van der Waals surface area (Å²) in [6, 6.07) is 5.65. The van der Waals surface area contributed by atoms with Crippen molar-refractivity contribution in [3.63, 3.8) is 0 Å². The molecule has 0 radical (unpaired) electrons. The highest BCUT2D eigenvalue weighted by Crippen LogP contribution is 2.37. The highest BCUT2D eigenvalue weighted by atomic mass is 32.2. The van der Waals surface area contributed by atoms with Crippen LogP contribution >= 0.6 is 34.4 Å². The number of ketones is 1. The lowest BCUT2D eigenvalue weighted by molar-refractivity contribution is -0.117. The third-order valence-electron chi connectivity index (χ3n) is 4.56. The van der Waals surface area contributed by atoms with Crippen LogP contribution in [-0.2, 0) is 24.1 Å². The summed E-state index contributed by atoms with van der Waals surface area (Å²) >= 11 is 4.24. The minimum absolute atomic E-state index is 0.0361. The minimum atomic E-state index is -0.404. The second-order valence-corrected chi connectivity index (χ2v) is 10.1. The Bertz CT molecular complexity index is 1020. The van der Waals surface area contributed by atoms with Gasteiger partial charge in [-0.15, -0.1) is 32.9 Å². The molecule has 146 valence electrons. The second kappa shape index (κ2) is 8.18. The molecule has 0 unspecified atom stereocenters. The Morgan fingerprint density at radius 2 is 2.18 bits per heavy atom. The Kier molecular flexibility index (Phi) is 5.65. The Hall–Kier alpha value is -1.97. The predicted molar refractivity (Wildman–Crippen MR) is 111 cm³/mol. The van der Waals surface area contributed by atoms with Crippen molar-refractivity contribution in [2.45, 2.75) is 37.8 Å². The molecule has 3 aromatic heterocycles. The third kappa shape index (κ3) is 4.37.